The van der Waals surface area contributed by atoms with Crippen LogP contribution < -0.4 is 4.74 Å². The van der Waals surface area contributed by atoms with Crippen molar-refractivity contribution in [2.24, 2.45) is 0 Å². The Morgan fingerprint density at radius 3 is 2.84 bits per heavy atom. The van der Waals surface area contributed by atoms with Crippen molar-refractivity contribution in [2.45, 2.75) is 20.1 Å². The molecule has 0 N–H and O–H groups in total. The summed E-state index contributed by atoms with van der Waals surface area (Å²) in [6.45, 7) is 2.88. The number of pyridine rings is 1. The fraction of sp³-hybridized carbons (Fsp3) is 0.200. The molecule has 0 unspecified atom stereocenters. The molecule has 2 heterocycles. The Labute approximate surface area is 146 Å². The van der Waals surface area contributed by atoms with E-state index in [4.69, 9.17) is 15.9 Å². The fourth-order valence-corrected chi connectivity index (χ4v) is 2.61. The van der Waals surface area contributed by atoms with E-state index in [0.717, 1.165) is 17.0 Å². The van der Waals surface area contributed by atoms with Crippen molar-refractivity contribution < 1.29 is 9.47 Å². The number of benzene rings is 1. The number of nitriles is 1. The van der Waals surface area contributed by atoms with Crippen LogP contribution in [0, 0.1) is 30.6 Å². The van der Waals surface area contributed by atoms with Crippen molar-refractivity contribution in [3.05, 3.63) is 65.1 Å². The van der Waals surface area contributed by atoms with Crippen LogP contribution in [0.15, 0.2) is 42.6 Å². The highest BCUT2D eigenvalue weighted by Gasteiger charge is 2.13. The van der Waals surface area contributed by atoms with E-state index in [0.29, 0.717) is 30.2 Å². The van der Waals surface area contributed by atoms with Gasteiger partial charge in [0.1, 0.15) is 13.2 Å². The number of hydrogen-bond acceptors (Lipinski definition) is 4. The van der Waals surface area contributed by atoms with Gasteiger partial charge in [-0.15, -0.1) is 6.42 Å². The van der Waals surface area contributed by atoms with E-state index in [1.165, 1.54) is 0 Å². The second kappa shape index (κ2) is 7.53. The first-order valence-electron chi connectivity index (χ1n) is 7.83. The van der Waals surface area contributed by atoms with Gasteiger partial charge in [0.25, 0.3) is 0 Å². The molecule has 5 nitrogen and oxygen atoms in total. The van der Waals surface area contributed by atoms with Gasteiger partial charge in [-0.05, 0) is 25.1 Å². The van der Waals surface area contributed by atoms with Gasteiger partial charge < -0.3 is 9.47 Å². The molecule has 0 aliphatic heterocycles. The normalized spacial score (nSPS) is 10.4. The maximum Gasteiger partial charge on any atom is 0.180 e. The van der Waals surface area contributed by atoms with Crippen LogP contribution in [0.1, 0.15) is 22.5 Å². The van der Waals surface area contributed by atoms with Crippen LogP contribution in [0.4, 0.5) is 0 Å². The number of aryl methyl sites for hydroxylation is 1. The van der Waals surface area contributed by atoms with Crippen molar-refractivity contribution in [3.8, 4) is 24.2 Å². The van der Waals surface area contributed by atoms with Crippen molar-refractivity contribution in [1.82, 2.24) is 9.38 Å². The Morgan fingerprint density at radius 2 is 2.04 bits per heavy atom. The lowest BCUT2D eigenvalue weighted by atomic mass is 10.1. The summed E-state index contributed by atoms with van der Waals surface area (Å²) in [6, 6.07) is 13.3. The Kier molecular flexibility index (Phi) is 4.99. The summed E-state index contributed by atoms with van der Waals surface area (Å²) >= 11 is 0. The molecule has 124 valence electrons. The van der Waals surface area contributed by atoms with Gasteiger partial charge in [0.15, 0.2) is 11.4 Å². The molecular formula is C20H17N3O2. The van der Waals surface area contributed by atoms with E-state index >= 15 is 0 Å². The third kappa shape index (κ3) is 3.47. The Balaban J connectivity index is 1.86. The van der Waals surface area contributed by atoms with Gasteiger partial charge >= 0.3 is 0 Å². The molecule has 2 aromatic heterocycles. The first kappa shape index (κ1) is 16.6. The summed E-state index contributed by atoms with van der Waals surface area (Å²) in [4.78, 5) is 4.59. The SMILES string of the molecule is C#CCOCc1c(C)nc2c(OCc3ccccc3C#N)cccn12. The highest BCUT2D eigenvalue weighted by atomic mass is 16.5. The summed E-state index contributed by atoms with van der Waals surface area (Å²) in [7, 11) is 0. The highest BCUT2D eigenvalue weighted by molar-refractivity contribution is 5.56. The van der Waals surface area contributed by atoms with Gasteiger partial charge in [-0.25, -0.2) is 4.98 Å². The van der Waals surface area contributed by atoms with Crippen molar-refractivity contribution >= 4 is 5.65 Å². The number of nitrogens with zero attached hydrogens (tertiary/aromatic N) is 3. The zero-order chi connectivity index (χ0) is 17.6. The van der Waals surface area contributed by atoms with Gasteiger partial charge in [-0.2, -0.15) is 5.26 Å². The van der Waals surface area contributed by atoms with Crippen LogP contribution in [-0.4, -0.2) is 16.0 Å². The van der Waals surface area contributed by atoms with Crippen LogP contribution in [0.3, 0.4) is 0 Å². The van der Waals surface area contributed by atoms with Crippen LogP contribution in [0.2, 0.25) is 0 Å². The minimum absolute atomic E-state index is 0.258. The van der Waals surface area contributed by atoms with E-state index in [9.17, 15) is 5.26 Å². The van der Waals surface area contributed by atoms with E-state index < -0.39 is 0 Å². The molecule has 0 radical (unpaired) electrons. The second-order valence-electron chi connectivity index (χ2n) is 5.46. The molecule has 0 atom stereocenters. The van der Waals surface area contributed by atoms with Gasteiger partial charge in [0, 0.05) is 11.8 Å². The molecule has 0 aliphatic carbocycles. The third-order valence-electron chi connectivity index (χ3n) is 3.86. The molecule has 5 heteroatoms. The van der Waals surface area contributed by atoms with Gasteiger partial charge in [-0.1, -0.05) is 24.1 Å². The molecule has 0 amide bonds. The Bertz CT molecular complexity index is 977. The number of terminal acetylenes is 1. The van der Waals surface area contributed by atoms with Gasteiger partial charge in [-0.3, -0.25) is 4.40 Å². The zero-order valence-electron chi connectivity index (χ0n) is 13.9. The summed E-state index contributed by atoms with van der Waals surface area (Å²) in [6.07, 6.45) is 7.14. The molecule has 3 aromatic rings. The summed E-state index contributed by atoms with van der Waals surface area (Å²) in [5.41, 5.74) is 3.97. The van der Waals surface area contributed by atoms with E-state index in [-0.39, 0.29) is 6.61 Å². The average molecular weight is 331 g/mol. The van der Waals surface area contributed by atoms with E-state index in [1.807, 2.05) is 47.9 Å². The first-order valence-corrected chi connectivity index (χ1v) is 7.83. The summed E-state index contributed by atoms with van der Waals surface area (Å²) in [5.74, 6) is 3.11. The topological polar surface area (TPSA) is 59.5 Å². The summed E-state index contributed by atoms with van der Waals surface area (Å²) in [5, 5.41) is 9.18. The van der Waals surface area contributed by atoms with Crippen LogP contribution >= 0.6 is 0 Å². The Morgan fingerprint density at radius 1 is 1.20 bits per heavy atom. The van der Waals surface area contributed by atoms with Crippen molar-refractivity contribution in [1.29, 1.82) is 5.26 Å². The average Bonchev–Trinajstić information content (AvgIpc) is 2.96. The third-order valence-corrected chi connectivity index (χ3v) is 3.86. The smallest absolute Gasteiger partial charge is 0.180 e. The lowest BCUT2D eigenvalue weighted by Gasteiger charge is -2.09. The minimum Gasteiger partial charge on any atom is -0.485 e. The molecule has 0 saturated heterocycles. The lowest BCUT2D eigenvalue weighted by Crippen LogP contribution is -2.02. The number of ether oxygens (including phenoxy) is 2. The molecule has 0 aliphatic rings. The van der Waals surface area contributed by atoms with E-state index in [2.05, 4.69) is 17.0 Å². The van der Waals surface area contributed by atoms with Crippen LogP contribution in [0.25, 0.3) is 5.65 Å². The largest absolute Gasteiger partial charge is 0.485 e. The minimum atomic E-state index is 0.258. The maximum atomic E-state index is 9.18. The first-order chi connectivity index (χ1) is 12.2. The van der Waals surface area contributed by atoms with E-state index in [1.54, 1.807) is 6.07 Å². The number of imidazole rings is 1. The predicted octanol–water partition coefficient (Wildman–Crippen LogP) is 3.24. The monoisotopic (exact) mass is 331 g/mol. The van der Waals surface area contributed by atoms with Crippen molar-refractivity contribution in [3.63, 3.8) is 0 Å². The molecule has 3 rings (SSSR count). The molecule has 1 aromatic carbocycles. The molecule has 0 bridgehead atoms. The second-order valence-corrected chi connectivity index (χ2v) is 5.46. The number of rotatable bonds is 6. The van der Waals surface area contributed by atoms with Crippen LogP contribution in [-0.2, 0) is 18.0 Å². The maximum absolute atomic E-state index is 9.18. The number of hydrogen-bond donors (Lipinski definition) is 0. The quantitative estimate of drug-likeness (QED) is 0.514. The molecule has 25 heavy (non-hydrogen) atoms. The molecule has 0 spiro atoms. The lowest BCUT2D eigenvalue weighted by molar-refractivity contribution is 0.149. The number of fused-ring (bicyclic) bond motifs is 1. The highest BCUT2D eigenvalue weighted by Crippen LogP contribution is 2.24. The van der Waals surface area contributed by atoms with Gasteiger partial charge in [0.05, 0.1) is 29.6 Å². The molecule has 0 fully saturated rings. The molecule has 0 saturated carbocycles. The fourth-order valence-electron chi connectivity index (χ4n) is 2.61. The van der Waals surface area contributed by atoms with Gasteiger partial charge in [0.2, 0.25) is 0 Å². The Hall–Kier alpha value is -3.28. The summed E-state index contributed by atoms with van der Waals surface area (Å²) < 4.78 is 13.3. The number of aromatic nitrogens is 2. The standard InChI is InChI=1S/C20H17N3O2/c1-3-11-24-14-18-15(2)22-20-19(9-6-10-23(18)20)25-13-17-8-5-4-7-16(17)12-21/h1,4-10H,11,13-14H2,2H3. The predicted molar refractivity (Wildman–Crippen MR) is 93.9 cm³/mol. The van der Waals surface area contributed by atoms with Crippen molar-refractivity contribution in [2.75, 3.05) is 6.61 Å². The molecular weight excluding hydrogens is 314 g/mol. The van der Waals surface area contributed by atoms with Crippen LogP contribution in [0.5, 0.6) is 5.75 Å². The zero-order valence-corrected chi connectivity index (χ0v) is 13.9.